The molecule has 0 aliphatic carbocycles. The molecule has 0 spiro atoms. The summed E-state index contributed by atoms with van der Waals surface area (Å²) in [4.78, 5) is 12.3. The van der Waals surface area contributed by atoms with Crippen molar-refractivity contribution >= 4 is 23.0 Å². The Kier molecular flexibility index (Phi) is 4.80. The van der Waals surface area contributed by atoms with Gasteiger partial charge in [-0.05, 0) is 31.5 Å². The second-order valence-corrected chi connectivity index (χ2v) is 5.93. The molecule has 0 atom stereocenters. The van der Waals surface area contributed by atoms with Crippen molar-refractivity contribution in [2.45, 2.75) is 20.4 Å². The number of aryl methyl sites for hydroxylation is 1. The van der Waals surface area contributed by atoms with Crippen LogP contribution in [0.25, 0.3) is 10.9 Å². The third-order valence-corrected chi connectivity index (χ3v) is 4.34. The molecule has 25 heavy (non-hydrogen) atoms. The molecule has 126 valence electrons. The van der Waals surface area contributed by atoms with Crippen molar-refractivity contribution < 1.29 is 4.79 Å². The van der Waals surface area contributed by atoms with Crippen molar-refractivity contribution in [1.29, 1.82) is 0 Å². The van der Waals surface area contributed by atoms with E-state index in [1.807, 2.05) is 50.3 Å². The summed E-state index contributed by atoms with van der Waals surface area (Å²) in [5.41, 5.74) is 7.40. The van der Waals surface area contributed by atoms with Gasteiger partial charge in [-0.15, -0.1) is 6.58 Å². The predicted molar refractivity (Wildman–Crippen MR) is 103 cm³/mol. The molecule has 0 bridgehead atoms. The zero-order valence-corrected chi connectivity index (χ0v) is 14.5. The summed E-state index contributed by atoms with van der Waals surface area (Å²) in [7, 11) is 0. The number of rotatable bonds is 5. The molecule has 4 heteroatoms. The van der Waals surface area contributed by atoms with Crippen molar-refractivity contribution in [2.75, 3.05) is 0 Å². The van der Waals surface area contributed by atoms with Crippen molar-refractivity contribution in [3.05, 3.63) is 83.6 Å². The normalized spacial score (nSPS) is 11.1. The molecule has 3 rings (SSSR count). The zero-order valence-electron chi connectivity index (χ0n) is 14.5. The molecule has 1 aromatic heterocycles. The number of nitrogens with one attached hydrogen (secondary N) is 1. The summed E-state index contributed by atoms with van der Waals surface area (Å²) in [6.45, 7) is 8.52. The van der Waals surface area contributed by atoms with Crippen molar-refractivity contribution in [3.63, 3.8) is 0 Å². The molecule has 2 aromatic carbocycles. The van der Waals surface area contributed by atoms with Gasteiger partial charge >= 0.3 is 0 Å². The molecule has 4 nitrogen and oxygen atoms in total. The smallest absolute Gasteiger partial charge is 0.271 e. The van der Waals surface area contributed by atoms with Gasteiger partial charge < -0.3 is 4.57 Å². The predicted octanol–water partition coefficient (Wildman–Crippen LogP) is 4.21. The minimum atomic E-state index is -0.207. The van der Waals surface area contributed by atoms with Crippen LogP contribution in [0.5, 0.6) is 0 Å². The molecular formula is C21H21N3O. The van der Waals surface area contributed by atoms with Crippen LogP contribution < -0.4 is 5.43 Å². The number of amides is 1. The molecule has 1 amide bonds. The maximum Gasteiger partial charge on any atom is 0.271 e. The topological polar surface area (TPSA) is 46.4 Å². The number of benzene rings is 2. The molecule has 0 radical (unpaired) electrons. The van der Waals surface area contributed by atoms with Crippen LogP contribution in [0.2, 0.25) is 0 Å². The number of hydrogen-bond acceptors (Lipinski definition) is 2. The van der Waals surface area contributed by atoms with Gasteiger partial charge in [-0.1, -0.05) is 42.5 Å². The third kappa shape index (κ3) is 3.24. The Morgan fingerprint density at radius 1 is 1.16 bits per heavy atom. The quantitative estimate of drug-likeness (QED) is 0.425. The lowest BCUT2D eigenvalue weighted by atomic mass is 10.1. The fraction of sp³-hybridized carbons (Fsp3) is 0.143. The molecule has 3 aromatic rings. The number of hydrogen-bond donors (Lipinski definition) is 1. The Bertz CT molecular complexity index is 966. The Morgan fingerprint density at radius 3 is 2.64 bits per heavy atom. The molecule has 0 unspecified atom stereocenters. The Labute approximate surface area is 147 Å². The number of nitrogens with zero attached hydrogens (tertiary/aromatic N) is 2. The number of fused-ring (bicyclic) bond motifs is 1. The average Bonchev–Trinajstić information content (AvgIpc) is 2.88. The van der Waals surface area contributed by atoms with Gasteiger partial charge in [0.15, 0.2) is 0 Å². The molecule has 0 saturated heterocycles. The maximum atomic E-state index is 12.3. The molecule has 0 aliphatic heterocycles. The first-order chi connectivity index (χ1) is 12.1. The van der Waals surface area contributed by atoms with Crippen LogP contribution in [-0.2, 0) is 6.54 Å². The number of carbonyl (C=O) groups excluding carboxylic acids is 1. The van der Waals surface area contributed by atoms with Gasteiger partial charge in [-0.3, -0.25) is 4.79 Å². The van der Waals surface area contributed by atoms with Gasteiger partial charge in [0.2, 0.25) is 0 Å². The highest BCUT2D eigenvalue weighted by molar-refractivity contribution is 6.02. The second kappa shape index (κ2) is 7.18. The molecule has 0 aliphatic rings. The molecule has 0 saturated carbocycles. The number of allylic oxidation sites excluding steroid dienone is 1. The number of carbonyl (C=O) groups is 1. The van der Waals surface area contributed by atoms with Gasteiger partial charge in [-0.2, -0.15) is 5.10 Å². The first-order valence-corrected chi connectivity index (χ1v) is 8.21. The summed E-state index contributed by atoms with van der Waals surface area (Å²) in [6, 6.07) is 15.6. The SMILES string of the molecule is C=CCn1c(C)c(/C=N/NC(=O)c2ccccc2C)c2ccccc21. The second-order valence-electron chi connectivity index (χ2n) is 5.93. The van der Waals surface area contributed by atoms with Crippen LogP contribution in [0.4, 0.5) is 0 Å². The average molecular weight is 331 g/mol. The Morgan fingerprint density at radius 2 is 1.88 bits per heavy atom. The zero-order chi connectivity index (χ0) is 17.8. The van der Waals surface area contributed by atoms with Gasteiger partial charge in [-0.25, -0.2) is 5.43 Å². The van der Waals surface area contributed by atoms with Crippen LogP contribution in [0, 0.1) is 13.8 Å². The van der Waals surface area contributed by atoms with Crippen LogP contribution in [0.3, 0.4) is 0 Å². The van der Waals surface area contributed by atoms with E-state index in [9.17, 15) is 4.79 Å². The van der Waals surface area contributed by atoms with Gasteiger partial charge in [0.25, 0.3) is 5.91 Å². The molecule has 1 N–H and O–H groups in total. The minimum Gasteiger partial charge on any atom is -0.340 e. The molecular weight excluding hydrogens is 310 g/mol. The minimum absolute atomic E-state index is 0.207. The van der Waals surface area contributed by atoms with Crippen LogP contribution >= 0.6 is 0 Å². The van der Waals surface area contributed by atoms with E-state index in [-0.39, 0.29) is 5.91 Å². The lowest BCUT2D eigenvalue weighted by molar-refractivity contribution is 0.0954. The van der Waals surface area contributed by atoms with Gasteiger partial charge in [0.05, 0.1) is 6.21 Å². The highest BCUT2D eigenvalue weighted by Crippen LogP contribution is 2.24. The fourth-order valence-corrected chi connectivity index (χ4v) is 3.03. The van der Waals surface area contributed by atoms with Crippen molar-refractivity contribution in [1.82, 2.24) is 9.99 Å². The largest absolute Gasteiger partial charge is 0.340 e. The lowest BCUT2D eigenvalue weighted by Gasteiger charge is -2.04. The van der Waals surface area contributed by atoms with E-state index in [1.54, 1.807) is 12.3 Å². The van der Waals surface area contributed by atoms with E-state index in [4.69, 9.17) is 0 Å². The summed E-state index contributed by atoms with van der Waals surface area (Å²) >= 11 is 0. The number of para-hydroxylation sites is 1. The summed E-state index contributed by atoms with van der Waals surface area (Å²) < 4.78 is 2.19. The van der Waals surface area contributed by atoms with Gasteiger partial charge in [0.1, 0.15) is 0 Å². The maximum absolute atomic E-state index is 12.3. The number of hydrazone groups is 1. The van der Waals surface area contributed by atoms with Crippen molar-refractivity contribution in [2.24, 2.45) is 5.10 Å². The lowest BCUT2D eigenvalue weighted by Crippen LogP contribution is -2.18. The summed E-state index contributed by atoms with van der Waals surface area (Å²) in [5, 5.41) is 5.29. The van der Waals surface area contributed by atoms with Crippen LogP contribution in [0.1, 0.15) is 27.2 Å². The highest BCUT2D eigenvalue weighted by atomic mass is 16.2. The Balaban J connectivity index is 1.89. The third-order valence-electron chi connectivity index (χ3n) is 4.34. The summed E-state index contributed by atoms with van der Waals surface area (Å²) in [6.07, 6.45) is 3.59. The standard InChI is InChI=1S/C21H21N3O/c1-4-13-24-16(3)19(18-11-7-8-12-20(18)24)14-22-23-21(25)17-10-6-5-9-15(17)2/h4-12,14H,1,13H2,2-3H3,(H,23,25)/b22-14+. The van der Waals surface area contributed by atoms with E-state index in [1.165, 1.54) is 0 Å². The van der Waals surface area contributed by atoms with Crippen LogP contribution in [0.15, 0.2) is 66.3 Å². The van der Waals surface area contributed by atoms with E-state index in [0.29, 0.717) is 5.56 Å². The van der Waals surface area contributed by atoms with E-state index in [0.717, 1.165) is 34.3 Å². The Hall–Kier alpha value is -3.14. The van der Waals surface area contributed by atoms with E-state index < -0.39 is 0 Å². The summed E-state index contributed by atoms with van der Waals surface area (Å²) in [5.74, 6) is -0.207. The van der Waals surface area contributed by atoms with Crippen molar-refractivity contribution in [3.8, 4) is 0 Å². The first kappa shape index (κ1) is 16.7. The number of aromatic nitrogens is 1. The van der Waals surface area contributed by atoms with Gasteiger partial charge in [0, 0.05) is 34.3 Å². The van der Waals surface area contributed by atoms with Crippen LogP contribution in [-0.4, -0.2) is 16.7 Å². The molecule has 0 fully saturated rings. The monoisotopic (exact) mass is 331 g/mol. The first-order valence-electron chi connectivity index (χ1n) is 8.21. The van der Waals surface area contributed by atoms with E-state index >= 15 is 0 Å². The van der Waals surface area contributed by atoms with E-state index in [2.05, 4.69) is 33.8 Å². The highest BCUT2D eigenvalue weighted by Gasteiger charge is 2.11. The fourth-order valence-electron chi connectivity index (χ4n) is 3.03. The molecule has 1 heterocycles.